The van der Waals surface area contributed by atoms with Gasteiger partial charge < -0.3 is 10.6 Å². The number of hydrogen-bond donors (Lipinski definition) is 2. The van der Waals surface area contributed by atoms with Crippen LogP contribution in [0.2, 0.25) is 0 Å². The lowest BCUT2D eigenvalue weighted by Gasteiger charge is -2.08. The van der Waals surface area contributed by atoms with Gasteiger partial charge in [0.25, 0.3) is 0 Å². The summed E-state index contributed by atoms with van der Waals surface area (Å²) < 4.78 is 0. The van der Waals surface area contributed by atoms with Crippen molar-refractivity contribution in [3.05, 3.63) is 24.3 Å². The number of carbonyl (C=O) groups is 1. The van der Waals surface area contributed by atoms with Crippen LogP contribution in [0.3, 0.4) is 0 Å². The maximum absolute atomic E-state index is 10.9. The lowest BCUT2D eigenvalue weighted by atomic mass is 10.2. The van der Waals surface area contributed by atoms with Gasteiger partial charge in [0.1, 0.15) is 0 Å². The van der Waals surface area contributed by atoms with Gasteiger partial charge in [-0.05, 0) is 43.0 Å². The zero-order chi connectivity index (χ0) is 12.5. The van der Waals surface area contributed by atoms with E-state index in [9.17, 15) is 4.79 Å². The largest absolute Gasteiger partial charge is 0.385 e. The average Bonchev–Trinajstić information content (AvgIpc) is 2.28. The fourth-order valence-electron chi connectivity index (χ4n) is 1.51. The lowest BCUT2D eigenvalue weighted by molar-refractivity contribution is -0.114. The van der Waals surface area contributed by atoms with Gasteiger partial charge in [0.15, 0.2) is 0 Å². The maximum atomic E-state index is 10.9. The molecule has 1 aromatic carbocycles. The van der Waals surface area contributed by atoms with Gasteiger partial charge in [-0.25, -0.2) is 0 Å². The number of hydrogen-bond acceptors (Lipinski definition) is 3. The highest BCUT2D eigenvalue weighted by Crippen LogP contribution is 2.15. The number of anilines is 2. The van der Waals surface area contributed by atoms with E-state index in [2.05, 4.69) is 16.9 Å². The van der Waals surface area contributed by atoms with Crippen LogP contribution in [0.1, 0.15) is 19.8 Å². The van der Waals surface area contributed by atoms with Gasteiger partial charge >= 0.3 is 0 Å². The molecule has 0 heterocycles. The number of rotatable bonds is 7. The molecule has 0 radical (unpaired) electrons. The molecule has 3 nitrogen and oxygen atoms in total. The predicted octanol–water partition coefficient (Wildman–Crippen LogP) is 3.20. The topological polar surface area (TPSA) is 41.1 Å². The van der Waals surface area contributed by atoms with Crippen LogP contribution in [-0.2, 0) is 4.79 Å². The first kappa shape index (κ1) is 13.9. The molecular formula is C13H20N2OS. The van der Waals surface area contributed by atoms with E-state index in [-0.39, 0.29) is 5.91 Å². The van der Waals surface area contributed by atoms with Gasteiger partial charge in [-0.2, -0.15) is 11.8 Å². The zero-order valence-electron chi connectivity index (χ0n) is 10.5. The molecule has 0 aliphatic heterocycles. The SMILES string of the molecule is CSCCCCNc1cccc(NC(C)=O)c1. The van der Waals surface area contributed by atoms with Gasteiger partial charge in [0.2, 0.25) is 5.91 Å². The zero-order valence-corrected chi connectivity index (χ0v) is 11.3. The number of carbonyl (C=O) groups excluding carboxylic acids is 1. The number of nitrogens with one attached hydrogen (secondary N) is 2. The van der Waals surface area contributed by atoms with E-state index < -0.39 is 0 Å². The normalized spacial score (nSPS) is 10.0. The number of thioether (sulfide) groups is 1. The molecule has 0 saturated heterocycles. The van der Waals surface area contributed by atoms with Crippen LogP contribution in [0.25, 0.3) is 0 Å². The average molecular weight is 252 g/mol. The van der Waals surface area contributed by atoms with Crippen molar-refractivity contribution in [3.63, 3.8) is 0 Å². The van der Waals surface area contributed by atoms with Crippen molar-refractivity contribution in [2.45, 2.75) is 19.8 Å². The Hall–Kier alpha value is -1.16. The second kappa shape index (κ2) is 8.01. The van der Waals surface area contributed by atoms with Crippen LogP contribution < -0.4 is 10.6 Å². The van der Waals surface area contributed by atoms with Crippen LogP contribution >= 0.6 is 11.8 Å². The van der Waals surface area contributed by atoms with Crippen LogP contribution in [0, 0.1) is 0 Å². The van der Waals surface area contributed by atoms with Crippen molar-refractivity contribution in [2.75, 3.05) is 29.2 Å². The first-order valence-electron chi connectivity index (χ1n) is 5.83. The quantitative estimate of drug-likeness (QED) is 0.732. The molecule has 0 aromatic heterocycles. The molecule has 0 aliphatic rings. The highest BCUT2D eigenvalue weighted by molar-refractivity contribution is 7.98. The van der Waals surface area contributed by atoms with E-state index in [1.807, 2.05) is 36.0 Å². The third kappa shape index (κ3) is 6.22. The minimum Gasteiger partial charge on any atom is -0.385 e. The molecule has 0 saturated carbocycles. The fourth-order valence-corrected chi connectivity index (χ4v) is 2.01. The predicted molar refractivity (Wildman–Crippen MR) is 76.9 cm³/mol. The molecule has 0 fully saturated rings. The first-order chi connectivity index (χ1) is 8.22. The summed E-state index contributed by atoms with van der Waals surface area (Å²) >= 11 is 1.88. The summed E-state index contributed by atoms with van der Waals surface area (Å²) in [5.41, 5.74) is 1.90. The minimum absolute atomic E-state index is 0.0397. The van der Waals surface area contributed by atoms with Crippen molar-refractivity contribution in [1.82, 2.24) is 0 Å². The van der Waals surface area contributed by atoms with Crippen LogP contribution in [0.15, 0.2) is 24.3 Å². The summed E-state index contributed by atoms with van der Waals surface area (Å²) in [7, 11) is 0. The standard InChI is InChI=1S/C13H20N2OS/c1-11(16)15-13-7-5-6-12(10-13)14-8-3-4-9-17-2/h5-7,10,14H,3-4,8-9H2,1-2H3,(H,15,16). The molecule has 1 amide bonds. The molecule has 2 N–H and O–H groups in total. The maximum Gasteiger partial charge on any atom is 0.221 e. The number of benzene rings is 1. The molecule has 0 bridgehead atoms. The van der Waals surface area contributed by atoms with E-state index in [1.165, 1.54) is 25.5 Å². The molecule has 17 heavy (non-hydrogen) atoms. The Morgan fingerprint density at radius 2 is 2.06 bits per heavy atom. The van der Waals surface area contributed by atoms with Gasteiger partial charge in [-0.3, -0.25) is 4.79 Å². The number of amides is 1. The van der Waals surface area contributed by atoms with Crippen LogP contribution in [-0.4, -0.2) is 24.5 Å². The first-order valence-corrected chi connectivity index (χ1v) is 7.22. The number of unbranched alkanes of at least 4 members (excludes halogenated alkanes) is 1. The second-order valence-corrected chi connectivity index (χ2v) is 4.87. The third-order valence-electron chi connectivity index (χ3n) is 2.29. The highest BCUT2D eigenvalue weighted by Gasteiger charge is 1.97. The smallest absolute Gasteiger partial charge is 0.221 e. The highest BCUT2D eigenvalue weighted by atomic mass is 32.2. The summed E-state index contributed by atoms with van der Waals surface area (Å²) in [4.78, 5) is 10.9. The van der Waals surface area contributed by atoms with Crippen LogP contribution in [0.4, 0.5) is 11.4 Å². The Labute approximate surface area is 107 Å². The summed E-state index contributed by atoms with van der Waals surface area (Å²) in [6.45, 7) is 2.49. The molecule has 1 aromatic rings. The van der Waals surface area contributed by atoms with Crippen molar-refractivity contribution >= 4 is 29.0 Å². The summed E-state index contributed by atoms with van der Waals surface area (Å²) in [6.07, 6.45) is 4.54. The van der Waals surface area contributed by atoms with Crippen LogP contribution in [0.5, 0.6) is 0 Å². The van der Waals surface area contributed by atoms with E-state index in [0.717, 1.165) is 17.9 Å². The Balaban J connectivity index is 2.35. The monoisotopic (exact) mass is 252 g/mol. The molecule has 0 spiro atoms. The van der Waals surface area contributed by atoms with Crippen molar-refractivity contribution in [1.29, 1.82) is 0 Å². The Morgan fingerprint density at radius 3 is 2.76 bits per heavy atom. The Morgan fingerprint density at radius 1 is 1.29 bits per heavy atom. The summed E-state index contributed by atoms with van der Waals surface area (Å²) in [5.74, 6) is 1.18. The molecule has 0 unspecified atom stereocenters. The molecule has 0 aliphatic carbocycles. The van der Waals surface area contributed by atoms with Crippen molar-refractivity contribution in [3.8, 4) is 0 Å². The Bertz CT molecular complexity index is 355. The van der Waals surface area contributed by atoms with E-state index in [1.54, 1.807) is 0 Å². The molecule has 4 heteroatoms. The van der Waals surface area contributed by atoms with Gasteiger partial charge in [0.05, 0.1) is 0 Å². The third-order valence-corrected chi connectivity index (χ3v) is 2.98. The summed E-state index contributed by atoms with van der Waals surface area (Å²) in [5, 5.41) is 6.13. The Kier molecular flexibility index (Phi) is 6.55. The van der Waals surface area contributed by atoms with Crippen molar-refractivity contribution in [2.24, 2.45) is 0 Å². The summed E-state index contributed by atoms with van der Waals surface area (Å²) in [6, 6.07) is 7.80. The van der Waals surface area contributed by atoms with Gasteiger partial charge in [0, 0.05) is 24.8 Å². The molecule has 1 rings (SSSR count). The second-order valence-electron chi connectivity index (χ2n) is 3.89. The molecular weight excluding hydrogens is 232 g/mol. The van der Waals surface area contributed by atoms with Gasteiger partial charge in [-0.1, -0.05) is 6.07 Å². The van der Waals surface area contributed by atoms with E-state index >= 15 is 0 Å². The molecule has 94 valence electrons. The fraction of sp³-hybridized carbons (Fsp3) is 0.462. The van der Waals surface area contributed by atoms with E-state index in [4.69, 9.17) is 0 Å². The van der Waals surface area contributed by atoms with E-state index in [0.29, 0.717) is 0 Å². The molecule has 0 atom stereocenters. The van der Waals surface area contributed by atoms with Crippen molar-refractivity contribution < 1.29 is 4.79 Å². The minimum atomic E-state index is -0.0397. The lowest BCUT2D eigenvalue weighted by Crippen LogP contribution is -2.07. The van der Waals surface area contributed by atoms with Gasteiger partial charge in [-0.15, -0.1) is 0 Å².